The zero-order chi connectivity index (χ0) is 9.80. The molecule has 1 aromatic heterocycles. The van der Waals surface area contributed by atoms with Gasteiger partial charge >= 0.3 is 5.35 Å². The molecular formula is C10H9ClN2O. The lowest BCUT2D eigenvalue weighted by Crippen LogP contribution is -1.90. The fourth-order valence-corrected chi connectivity index (χ4v) is 1.36. The van der Waals surface area contributed by atoms with E-state index in [0.717, 1.165) is 12.8 Å². The van der Waals surface area contributed by atoms with E-state index in [1.807, 2.05) is 18.2 Å². The summed E-state index contributed by atoms with van der Waals surface area (Å²) in [5.74, 6) is 0.582. The second-order valence-corrected chi connectivity index (χ2v) is 3.26. The van der Waals surface area contributed by atoms with E-state index in [9.17, 15) is 0 Å². The van der Waals surface area contributed by atoms with E-state index in [0.29, 0.717) is 5.89 Å². The standard InChI is InChI=1S/C10H9ClN2O/c11-10-13-12-9(14-10)7-6-8-4-2-1-3-5-8/h1-5H,6-7H2. The molecule has 0 spiro atoms. The molecule has 0 unspecified atom stereocenters. The summed E-state index contributed by atoms with van der Waals surface area (Å²) in [7, 11) is 0. The van der Waals surface area contributed by atoms with Gasteiger partial charge < -0.3 is 4.42 Å². The molecule has 14 heavy (non-hydrogen) atoms. The van der Waals surface area contributed by atoms with Crippen LogP contribution in [0.15, 0.2) is 34.7 Å². The molecule has 0 saturated carbocycles. The first-order valence-electron chi connectivity index (χ1n) is 4.36. The van der Waals surface area contributed by atoms with Crippen molar-refractivity contribution in [1.29, 1.82) is 0 Å². The van der Waals surface area contributed by atoms with Gasteiger partial charge in [0.25, 0.3) is 0 Å². The van der Waals surface area contributed by atoms with E-state index in [1.54, 1.807) is 0 Å². The Labute approximate surface area is 86.7 Å². The highest BCUT2D eigenvalue weighted by atomic mass is 35.5. The molecule has 3 nitrogen and oxygen atoms in total. The van der Waals surface area contributed by atoms with Crippen molar-refractivity contribution in [2.24, 2.45) is 0 Å². The van der Waals surface area contributed by atoms with Crippen LogP contribution in [0.1, 0.15) is 11.5 Å². The topological polar surface area (TPSA) is 38.9 Å². The third-order valence-electron chi connectivity index (χ3n) is 1.91. The van der Waals surface area contributed by atoms with Crippen LogP contribution in [0, 0.1) is 0 Å². The van der Waals surface area contributed by atoms with Crippen molar-refractivity contribution < 1.29 is 4.42 Å². The lowest BCUT2D eigenvalue weighted by molar-refractivity contribution is 0.494. The van der Waals surface area contributed by atoms with Crippen LogP contribution in [-0.2, 0) is 12.8 Å². The van der Waals surface area contributed by atoms with Crippen molar-refractivity contribution in [2.75, 3.05) is 0 Å². The molecule has 0 aliphatic heterocycles. The SMILES string of the molecule is Clc1nnc(CCc2ccccc2)o1. The fraction of sp³-hybridized carbons (Fsp3) is 0.200. The van der Waals surface area contributed by atoms with Crippen molar-refractivity contribution in [3.63, 3.8) is 0 Å². The normalized spacial score (nSPS) is 10.4. The Morgan fingerprint density at radius 3 is 2.50 bits per heavy atom. The van der Waals surface area contributed by atoms with Crippen molar-refractivity contribution in [2.45, 2.75) is 12.8 Å². The largest absolute Gasteiger partial charge is 0.412 e. The second-order valence-electron chi connectivity index (χ2n) is 2.93. The Morgan fingerprint density at radius 2 is 1.86 bits per heavy atom. The molecule has 4 heteroatoms. The fourth-order valence-electron chi connectivity index (χ4n) is 1.23. The van der Waals surface area contributed by atoms with Gasteiger partial charge in [-0.05, 0) is 23.6 Å². The number of halogens is 1. The van der Waals surface area contributed by atoms with Crippen LogP contribution in [0.3, 0.4) is 0 Å². The number of benzene rings is 1. The predicted octanol–water partition coefficient (Wildman–Crippen LogP) is 2.51. The van der Waals surface area contributed by atoms with Gasteiger partial charge in [0.2, 0.25) is 5.89 Å². The van der Waals surface area contributed by atoms with E-state index in [4.69, 9.17) is 16.0 Å². The molecule has 2 rings (SSSR count). The first-order chi connectivity index (χ1) is 6.84. The Balaban J connectivity index is 1.95. The number of rotatable bonds is 3. The van der Waals surface area contributed by atoms with Gasteiger partial charge in [-0.1, -0.05) is 35.4 Å². The number of hydrogen-bond donors (Lipinski definition) is 0. The summed E-state index contributed by atoms with van der Waals surface area (Å²) in [5, 5.41) is 7.46. The minimum atomic E-state index is 0.105. The van der Waals surface area contributed by atoms with Crippen molar-refractivity contribution in [1.82, 2.24) is 10.2 Å². The predicted molar refractivity (Wildman–Crippen MR) is 53.2 cm³/mol. The molecule has 0 saturated heterocycles. The summed E-state index contributed by atoms with van der Waals surface area (Å²) in [5.41, 5.74) is 1.25. The van der Waals surface area contributed by atoms with Gasteiger partial charge in [-0.2, -0.15) is 0 Å². The molecule has 0 radical (unpaired) electrons. The summed E-state index contributed by atoms with van der Waals surface area (Å²) >= 11 is 5.50. The smallest absolute Gasteiger partial charge is 0.312 e. The average molecular weight is 209 g/mol. The van der Waals surface area contributed by atoms with Crippen molar-refractivity contribution >= 4 is 11.6 Å². The first-order valence-corrected chi connectivity index (χ1v) is 4.74. The third-order valence-corrected chi connectivity index (χ3v) is 2.07. The summed E-state index contributed by atoms with van der Waals surface area (Å²) in [4.78, 5) is 0. The van der Waals surface area contributed by atoms with Gasteiger partial charge in [0.1, 0.15) is 0 Å². The van der Waals surface area contributed by atoms with Crippen LogP contribution >= 0.6 is 11.6 Å². The minimum Gasteiger partial charge on any atom is -0.412 e. The second kappa shape index (κ2) is 4.24. The van der Waals surface area contributed by atoms with Crippen LogP contribution in [0.5, 0.6) is 0 Å². The summed E-state index contributed by atoms with van der Waals surface area (Å²) < 4.78 is 5.05. The highest BCUT2D eigenvalue weighted by Crippen LogP contribution is 2.09. The maximum Gasteiger partial charge on any atom is 0.312 e. The Bertz CT molecular complexity index is 400. The Hall–Kier alpha value is -1.35. The molecule has 0 aliphatic carbocycles. The number of hydrogen-bond acceptors (Lipinski definition) is 3. The lowest BCUT2D eigenvalue weighted by atomic mass is 10.1. The van der Waals surface area contributed by atoms with E-state index in [1.165, 1.54) is 5.56 Å². The van der Waals surface area contributed by atoms with E-state index in [2.05, 4.69) is 22.3 Å². The summed E-state index contributed by atoms with van der Waals surface area (Å²) in [6.07, 6.45) is 1.61. The minimum absolute atomic E-state index is 0.105. The van der Waals surface area contributed by atoms with Gasteiger partial charge in [-0.3, -0.25) is 0 Å². The summed E-state index contributed by atoms with van der Waals surface area (Å²) in [6, 6.07) is 10.1. The summed E-state index contributed by atoms with van der Waals surface area (Å²) in [6.45, 7) is 0. The van der Waals surface area contributed by atoms with Crippen LogP contribution in [0.2, 0.25) is 5.35 Å². The quantitative estimate of drug-likeness (QED) is 0.778. The van der Waals surface area contributed by atoms with Crippen LogP contribution in [0.25, 0.3) is 0 Å². The van der Waals surface area contributed by atoms with Gasteiger partial charge in [0.05, 0.1) is 0 Å². The average Bonchev–Trinajstić information content (AvgIpc) is 2.63. The Morgan fingerprint density at radius 1 is 1.07 bits per heavy atom. The monoisotopic (exact) mass is 208 g/mol. The van der Waals surface area contributed by atoms with E-state index in [-0.39, 0.29) is 5.35 Å². The molecular weight excluding hydrogens is 200 g/mol. The van der Waals surface area contributed by atoms with Crippen LogP contribution in [0.4, 0.5) is 0 Å². The molecule has 0 fully saturated rings. The zero-order valence-corrected chi connectivity index (χ0v) is 8.24. The molecule has 0 amide bonds. The van der Waals surface area contributed by atoms with Gasteiger partial charge in [0.15, 0.2) is 0 Å². The van der Waals surface area contributed by atoms with Crippen LogP contribution < -0.4 is 0 Å². The first kappa shape index (κ1) is 9.21. The Kier molecular flexibility index (Phi) is 2.79. The molecule has 2 aromatic rings. The van der Waals surface area contributed by atoms with E-state index >= 15 is 0 Å². The van der Waals surface area contributed by atoms with Crippen molar-refractivity contribution in [3.8, 4) is 0 Å². The highest BCUT2D eigenvalue weighted by Gasteiger charge is 2.02. The highest BCUT2D eigenvalue weighted by molar-refractivity contribution is 6.27. The zero-order valence-electron chi connectivity index (χ0n) is 7.48. The molecule has 72 valence electrons. The molecule has 0 bridgehead atoms. The van der Waals surface area contributed by atoms with E-state index < -0.39 is 0 Å². The number of nitrogens with zero attached hydrogens (tertiary/aromatic N) is 2. The molecule has 0 N–H and O–H groups in total. The maximum atomic E-state index is 5.50. The lowest BCUT2D eigenvalue weighted by Gasteiger charge is -1.96. The number of aromatic nitrogens is 2. The molecule has 1 heterocycles. The van der Waals surface area contributed by atoms with Crippen LogP contribution in [-0.4, -0.2) is 10.2 Å². The third kappa shape index (κ3) is 2.33. The van der Waals surface area contributed by atoms with Gasteiger partial charge in [0, 0.05) is 6.42 Å². The van der Waals surface area contributed by atoms with Gasteiger partial charge in [-0.15, -0.1) is 5.10 Å². The van der Waals surface area contributed by atoms with Crippen molar-refractivity contribution in [3.05, 3.63) is 47.1 Å². The van der Waals surface area contributed by atoms with Gasteiger partial charge in [-0.25, -0.2) is 0 Å². The molecule has 1 aromatic carbocycles. The number of aryl methyl sites for hydroxylation is 2. The maximum absolute atomic E-state index is 5.50. The molecule has 0 aliphatic rings. The molecule has 0 atom stereocenters.